The molecule has 1 aromatic rings. The standard InChI is InChI=1S/C23H31N3O4S/c1-23(2)19-7-6-18(21(23)15-19)16-24-25-22(27)10-5-17-3-8-20(9-4-17)31(28,29)26-11-13-30-14-12-26/h3-4,6,8-9,16,19,21H,5,7,10-15H2,1-2H3,(H,25,27)/t19-,21+/m0/s1. The molecule has 7 nitrogen and oxygen atoms in total. The molecule has 1 saturated heterocycles. The monoisotopic (exact) mass is 445 g/mol. The summed E-state index contributed by atoms with van der Waals surface area (Å²) in [5.41, 5.74) is 5.10. The van der Waals surface area contributed by atoms with Gasteiger partial charge in [0.1, 0.15) is 0 Å². The van der Waals surface area contributed by atoms with Crippen molar-refractivity contribution >= 4 is 22.1 Å². The van der Waals surface area contributed by atoms with Gasteiger partial charge in [-0.1, -0.05) is 32.1 Å². The van der Waals surface area contributed by atoms with Gasteiger partial charge in [0.15, 0.2) is 0 Å². The third kappa shape index (κ3) is 4.61. The van der Waals surface area contributed by atoms with Gasteiger partial charge in [0.25, 0.3) is 0 Å². The molecule has 1 N–H and O–H groups in total. The van der Waals surface area contributed by atoms with E-state index in [0.29, 0.717) is 50.5 Å². The molecule has 1 aliphatic heterocycles. The second-order valence-electron chi connectivity index (χ2n) is 9.20. The Kier molecular flexibility index (Phi) is 6.32. The number of amides is 1. The van der Waals surface area contributed by atoms with Crippen molar-refractivity contribution in [3.05, 3.63) is 41.5 Å². The Bertz CT molecular complexity index is 977. The number of benzene rings is 1. The van der Waals surface area contributed by atoms with Gasteiger partial charge < -0.3 is 4.74 Å². The first-order valence-corrected chi connectivity index (χ1v) is 12.4. The highest BCUT2D eigenvalue weighted by molar-refractivity contribution is 7.89. The smallest absolute Gasteiger partial charge is 0.243 e. The zero-order valence-electron chi connectivity index (χ0n) is 18.2. The van der Waals surface area contributed by atoms with E-state index >= 15 is 0 Å². The third-order valence-electron chi connectivity index (χ3n) is 7.09. The van der Waals surface area contributed by atoms with E-state index in [1.165, 1.54) is 16.3 Å². The van der Waals surface area contributed by atoms with Crippen LogP contribution in [0.2, 0.25) is 0 Å². The Morgan fingerprint density at radius 1 is 1.26 bits per heavy atom. The van der Waals surface area contributed by atoms with Crippen LogP contribution in [0.4, 0.5) is 0 Å². The Labute approximate surface area is 184 Å². The van der Waals surface area contributed by atoms with Crippen LogP contribution in [0.15, 0.2) is 45.9 Å². The number of sulfonamides is 1. The molecule has 2 bridgehead atoms. The summed E-state index contributed by atoms with van der Waals surface area (Å²) in [7, 11) is -3.49. The van der Waals surface area contributed by atoms with Crippen LogP contribution in [-0.4, -0.2) is 51.1 Å². The largest absolute Gasteiger partial charge is 0.379 e. The third-order valence-corrected chi connectivity index (χ3v) is 9.00. The van der Waals surface area contributed by atoms with Crippen molar-refractivity contribution in [3.63, 3.8) is 0 Å². The summed E-state index contributed by atoms with van der Waals surface area (Å²) in [6.45, 7) is 6.21. The summed E-state index contributed by atoms with van der Waals surface area (Å²) < 4.78 is 32.0. The zero-order chi connectivity index (χ0) is 22.1. The number of nitrogens with zero attached hydrogens (tertiary/aromatic N) is 2. The number of morpholine rings is 1. The minimum Gasteiger partial charge on any atom is -0.379 e. The van der Waals surface area contributed by atoms with E-state index in [9.17, 15) is 13.2 Å². The lowest BCUT2D eigenvalue weighted by Crippen LogP contribution is -2.48. The number of ether oxygens (including phenoxy) is 1. The lowest BCUT2D eigenvalue weighted by atomic mass is 9.49. The van der Waals surface area contributed by atoms with E-state index in [4.69, 9.17) is 4.74 Å². The maximum absolute atomic E-state index is 12.7. The quantitative estimate of drug-likeness (QED) is 0.516. The lowest BCUT2D eigenvalue weighted by molar-refractivity contribution is -0.121. The van der Waals surface area contributed by atoms with E-state index in [0.717, 1.165) is 17.9 Å². The second-order valence-corrected chi connectivity index (χ2v) is 11.1. The summed E-state index contributed by atoms with van der Waals surface area (Å²) in [6, 6.07) is 6.76. The number of hydrogen-bond donors (Lipinski definition) is 1. The van der Waals surface area contributed by atoms with Crippen LogP contribution in [-0.2, 0) is 26.0 Å². The second kappa shape index (κ2) is 8.84. The number of allylic oxidation sites excluding steroid dienone is 2. The van der Waals surface area contributed by atoms with Crippen LogP contribution in [0.25, 0.3) is 0 Å². The summed E-state index contributed by atoms with van der Waals surface area (Å²) in [4.78, 5) is 12.4. The van der Waals surface area contributed by atoms with E-state index < -0.39 is 10.0 Å². The van der Waals surface area contributed by atoms with E-state index in [1.54, 1.807) is 30.5 Å². The van der Waals surface area contributed by atoms with Crippen LogP contribution in [0.3, 0.4) is 0 Å². The molecule has 0 unspecified atom stereocenters. The zero-order valence-corrected chi connectivity index (χ0v) is 19.0. The predicted octanol–water partition coefficient (Wildman–Crippen LogP) is 2.73. The number of aryl methyl sites for hydroxylation is 1. The van der Waals surface area contributed by atoms with Crippen molar-refractivity contribution in [2.24, 2.45) is 22.4 Å². The van der Waals surface area contributed by atoms with Gasteiger partial charge in [-0.3, -0.25) is 4.79 Å². The minimum atomic E-state index is -3.49. The fourth-order valence-corrected chi connectivity index (χ4v) is 6.21. The molecule has 31 heavy (non-hydrogen) atoms. The van der Waals surface area contributed by atoms with E-state index in [1.807, 2.05) is 0 Å². The van der Waals surface area contributed by atoms with Gasteiger partial charge in [-0.25, -0.2) is 13.8 Å². The molecule has 0 spiro atoms. The highest BCUT2D eigenvalue weighted by Gasteiger charge is 2.50. The van der Waals surface area contributed by atoms with Crippen molar-refractivity contribution in [3.8, 4) is 0 Å². The van der Waals surface area contributed by atoms with Crippen LogP contribution in [0.5, 0.6) is 0 Å². The number of hydrogen-bond acceptors (Lipinski definition) is 5. The predicted molar refractivity (Wildman–Crippen MR) is 119 cm³/mol. The first kappa shape index (κ1) is 22.2. The number of carbonyl (C=O) groups is 1. The molecule has 4 aliphatic rings. The van der Waals surface area contributed by atoms with Crippen molar-refractivity contribution in [2.75, 3.05) is 26.3 Å². The van der Waals surface area contributed by atoms with E-state index in [-0.39, 0.29) is 10.8 Å². The number of nitrogens with one attached hydrogen (secondary N) is 1. The van der Waals surface area contributed by atoms with Crippen LogP contribution >= 0.6 is 0 Å². The highest BCUT2D eigenvalue weighted by Crippen LogP contribution is 2.58. The molecular weight excluding hydrogens is 414 g/mol. The van der Waals surface area contributed by atoms with Crippen molar-refractivity contribution in [1.29, 1.82) is 0 Å². The first-order valence-electron chi connectivity index (χ1n) is 11.0. The van der Waals surface area contributed by atoms with Crippen molar-refractivity contribution in [2.45, 2.75) is 44.4 Å². The van der Waals surface area contributed by atoms with Crippen molar-refractivity contribution < 1.29 is 17.9 Å². The normalized spacial score (nSPS) is 25.7. The van der Waals surface area contributed by atoms with Gasteiger partial charge in [-0.15, -0.1) is 0 Å². The Morgan fingerprint density at radius 2 is 1.97 bits per heavy atom. The molecule has 0 aromatic heterocycles. The average Bonchev–Trinajstić information content (AvgIpc) is 2.78. The number of carbonyl (C=O) groups excluding carboxylic acids is 1. The van der Waals surface area contributed by atoms with Gasteiger partial charge in [0.05, 0.1) is 24.3 Å². The minimum absolute atomic E-state index is 0.150. The Hall–Kier alpha value is -2.03. The SMILES string of the molecule is CC1(C)[C@H]2CC=C(C=NNC(=O)CCc3ccc(S(=O)(=O)N4CCOCC4)cc3)[C@H]1C2. The molecule has 0 radical (unpaired) electrons. The molecular formula is C23H31N3O4S. The summed E-state index contributed by atoms with van der Waals surface area (Å²) in [6.07, 6.45) is 7.17. The Balaban J connectivity index is 1.26. The molecule has 1 saturated carbocycles. The molecule has 1 amide bonds. The molecule has 8 heteroatoms. The maximum Gasteiger partial charge on any atom is 0.243 e. The first-order chi connectivity index (χ1) is 14.8. The molecule has 1 heterocycles. The molecule has 3 aliphatic carbocycles. The van der Waals surface area contributed by atoms with Crippen molar-refractivity contribution in [1.82, 2.24) is 9.73 Å². The van der Waals surface area contributed by atoms with Gasteiger partial charge in [0.2, 0.25) is 15.9 Å². The highest BCUT2D eigenvalue weighted by atomic mass is 32.2. The van der Waals surface area contributed by atoms with Gasteiger partial charge in [0, 0.05) is 19.5 Å². The summed E-state index contributed by atoms with van der Waals surface area (Å²) >= 11 is 0. The van der Waals surface area contributed by atoms with Gasteiger partial charge in [-0.05, 0) is 59.8 Å². The van der Waals surface area contributed by atoms with Gasteiger partial charge in [-0.2, -0.15) is 9.41 Å². The number of rotatable bonds is 7. The molecule has 5 rings (SSSR count). The molecule has 168 valence electrons. The fraction of sp³-hybridized carbons (Fsp3) is 0.565. The molecule has 2 atom stereocenters. The Morgan fingerprint density at radius 3 is 2.61 bits per heavy atom. The fourth-order valence-electron chi connectivity index (χ4n) is 4.80. The van der Waals surface area contributed by atoms with Crippen LogP contribution < -0.4 is 5.43 Å². The number of fused-ring (bicyclic) bond motifs is 1. The average molecular weight is 446 g/mol. The molecule has 2 fully saturated rings. The number of hydrazone groups is 1. The van der Waals surface area contributed by atoms with Gasteiger partial charge >= 0.3 is 0 Å². The molecule has 1 aromatic carbocycles. The maximum atomic E-state index is 12.7. The topological polar surface area (TPSA) is 88.1 Å². The van der Waals surface area contributed by atoms with Crippen LogP contribution in [0, 0.1) is 17.3 Å². The van der Waals surface area contributed by atoms with E-state index in [2.05, 4.69) is 30.5 Å². The van der Waals surface area contributed by atoms with Crippen LogP contribution in [0.1, 0.15) is 38.7 Å². The summed E-state index contributed by atoms with van der Waals surface area (Å²) in [5.74, 6) is 1.17. The lowest BCUT2D eigenvalue weighted by Gasteiger charge is -2.55. The summed E-state index contributed by atoms with van der Waals surface area (Å²) in [5, 5.41) is 4.16.